The summed E-state index contributed by atoms with van der Waals surface area (Å²) in [5.74, 6) is -0.436. The van der Waals surface area contributed by atoms with Crippen LogP contribution in [0.1, 0.15) is 29.5 Å². The van der Waals surface area contributed by atoms with Crippen molar-refractivity contribution < 1.29 is 9.53 Å². The summed E-state index contributed by atoms with van der Waals surface area (Å²) in [4.78, 5) is 24.0. The fourth-order valence-corrected chi connectivity index (χ4v) is 3.06. The number of benzene rings is 2. The molecule has 0 N–H and O–H groups in total. The third-order valence-electron chi connectivity index (χ3n) is 4.21. The van der Waals surface area contributed by atoms with Gasteiger partial charge in [-0.15, -0.1) is 0 Å². The number of carbonyl (C=O) groups excluding carboxylic acids is 1. The summed E-state index contributed by atoms with van der Waals surface area (Å²) in [5, 5.41) is 0. The Kier molecular flexibility index (Phi) is 5.64. The molecule has 4 nitrogen and oxygen atoms in total. The van der Waals surface area contributed by atoms with Gasteiger partial charge in [-0.05, 0) is 23.6 Å². The molecule has 0 unspecified atom stereocenters. The van der Waals surface area contributed by atoms with Crippen LogP contribution >= 0.6 is 0 Å². The fourth-order valence-electron chi connectivity index (χ4n) is 3.06. The third-order valence-corrected chi connectivity index (χ3v) is 4.21. The quantitative estimate of drug-likeness (QED) is 0.640. The van der Waals surface area contributed by atoms with Crippen molar-refractivity contribution in [3.05, 3.63) is 106 Å². The van der Waals surface area contributed by atoms with Gasteiger partial charge in [-0.2, -0.15) is 0 Å². The lowest BCUT2D eigenvalue weighted by atomic mass is 9.86. The lowest BCUT2D eigenvalue weighted by molar-refractivity contribution is -0.143. The second-order valence-corrected chi connectivity index (χ2v) is 5.99. The summed E-state index contributed by atoms with van der Waals surface area (Å²) in [6.45, 7) is 1.96. The van der Waals surface area contributed by atoms with Gasteiger partial charge >= 0.3 is 5.97 Å². The van der Waals surface area contributed by atoms with Crippen molar-refractivity contribution in [2.24, 2.45) is 0 Å². The fraction of sp³-hybridized carbons (Fsp3) is 0.182. The predicted octanol–water partition coefficient (Wildman–Crippen LogP) is 3.59. The van der Waals surface area contributed by atoms with Crippen LogP contribution < -0.4 is 5.56 Å². The van der Waals surface area contributed by atoms with Crippen molar-refractivity contribution in [2.45, 2.75) is 19.4 Å². The molecule has 0 aliphatic rings. The molecule has 3 aromatic rings. The van der Waals surface area contributed by atoms with Crippen molar-refractivity contribution in [3.63, 3.8) is 0 Å². The summed E-state index contributed by atoms with van der Waals surface area (Å²) < 4.78 is 6.38. The van der Waals surface area contributed by atoms with Crippen molar-refractivity contribution in [3.8, 4) is 0 Å². The molecule has 0 spiro atoms. The number of ether oxygens (including phenoxy) is 1. The van der Waals surface area contributed by atoms with E-state index in [4.69, 9.17) is 4.74 Å². The van der Waals surface area contributed by atoms with E-state index >= 15 is 0 Å². The molecular formula is C22H21NO3. The van der Waals surface area contributed by atoms with Gasteiger partial charge in [-0.25, -0.2) is 0 Å². The molecule has 4 heteroatoms. The first-order valence-electron chi connectivity index (χ1n) is 8.65. The van der Waals surface area contributed by atoms with E-state index in [0.717, 1.165) is 16.7 Å². The molecule has 0 radical (unpaired) electrons. The van der Waals surface area contributed by atoms with E-state index in [1.807, 2.05) is 42.5 Å². The Morgan fingerprint density at radius 3 is 2.00 bits per heavy atom. The number of aromatic nitrogens is 1. The summed E-state index contributed by atoms with van der Waals surface area (Å²) in [6, 6.07) is 23.6. The number of hydrogen-bond donors (Lipinski definition) is 0. The molecule has 0 saturated heterocycles. The maximum Gasteiger partial charge on any atom is 0.326 e. The highest BCUT2D eigenvalue weighted by Crippen LogP contribution is 2.31. The van der Waals surface area contributed by atoms with Crippen molar-refractivity contribution >= 4 is 5.97 Å². The van der Waals surface area contributed by atoms with Crippen LogP contribution in [0.25, 0.3) is 0 Å². The molecule has 1 heterocycles. The molecule has 1 aromatic heterocycles. The highest BCUT2D eigenvalue weighted by Gasteiger charge is 2.18. The maximum atomic E-state index is 12.2. The van der Waals surface area contributed by atoms with Crippen molar-refractivity contribution in [2.75, 3.05) is 6.61 Å². The average molecular weight is 347 g/mol. The molecule has 3 rings (SSSR count). The first-order valence-corrected chi connectivity index (χ1v) is 8.65. The highest BCUT2D eigenvalue weighted by molar-refractivity contribution is 5.69. The zero-order valence-electron chi connectivity index (χ0n) is 14.7. The molecule has 2 aromatic carbocycles. The molecule has 0 fully saturated rings. The predicted molar refractivity (Wildman–Crippen MR) is 101 cm³/mol. The van der Waals surface area contributed by atoms with Crippen molar-refractivity contribution in [1.82, 2.24) is 4.57 Å². The standard InChI is InChI=1S/C22H21NO3/c1-2-26-21(25)16-23-15-19(13-14-20(23)24)22(17-9-5-3-6-10-17)18-11-7-4-8-12-18/h3-15,22H,2,16H2,1H3. The third kappa shape index (κ3) is 4.09. The monoisotopic (exact) mass is 347 g/mol. The van der Waals surface area contributed by atoms with E-state index in [0.29, 0.717) is 6.61 Å². The van der Waals surface area contributed by atoms with Gasteiger partial charge in [0.15, 0.2) is 0 Å². The minimum absolute atomic E-state index is 0.0218. The number of esters is 1. The van der Waals surface area contributed by atoms with Gasteiger partial charge in [0, 0.05) is 18.2 Å². The summed E-state index contributed by atoms with van der Waals surface area (Å²) in [5.41, 5.74) is 2.98. The molecule has 0 aliphatic heterocycles. The summed E-state index contributed by atoms with van der Waals surface area (Å²) >= 11 is 0. The maximum absolute atomic E-state index is 12.2. The molecule has 0 saturated carbocycles. The minimum Gasteiger partial charge on any atom is -0.465 e. The molecule has 0 amide bonds. The Morgan fingerprint density at radius 1 is 0.885 bits per heavy atom. The number of hydrogen-bond acceptors (Lipinski definition) is 3. The number of carbonyl (C=O) groups is 1. The summed E-state index contributed by atoms with van der Waals surface area (Å²) in [6.07, 6.45) is 1.75. The second-order valence-electron chi connectivity index (χ2n) is 5.99. The number of nitrogens with zero attached hydrogens (tertiary/aromatic N) is 1. The Bertz CT molecular complexity index is 877. The summed E-state index contributed by atoms with van der Waals surface area (Å²) in [7, 11) is 0. The van der Waals surface area contributed by atoms with Gasteiger partial charge < -0.3 is 9.30 Å². The van der Waals surface area contributed by atoms with E-state index < -0.39 is 5.97 Å². The Labute approximate surface area is 152 Å². The van der Waals surface area contributed by atoms with Gasteiger partial charge in [0.2, 0.25) is 0 Å². The van der Waals surface area contributed by atoms with Crippen LogP contribution in [0.2, 0.25) is 0 Å². The Balaban J connectivity index is 2.05. The first-order chi connectivity index (χ1) is 12.7. The zero-order chi connectivity index (χ0) is 18.4. The topological polar surface area (TPSA) is 48.3 Å². The molecule has 0 bridgehead atoms. The van der Waals surface area contributed by atoms with Crippen LogP contribution in [0.4, 0.5) is 0 Å². The lowest BCUT2D eigenvalue weighted by Crippen LogP contribution is -2.25. The van der Waals surface area contributed by atoms with Gasteiger partial charge in [-0.1, -0.05) is 66.7 Å². The Hall–Kier alpha value is -3.14. The smallest absolute Gasteiger partial charge is 0.326 e. The zero-order valence-corrected chi connectivity index (χ0v) is 14.7. The molecule has 0 atom stereocenters. The largest absolute Gasteiger partial charge is 0.465 e. The van der Waals surface area contributed by atoms with E-state index in [-0.39, 0.29) is 18.0 Å². The van der Waals surface area contributed by atoms with E-state index in [1.54, 1.807) is 13.1 Å². The van der Waals surface area contributed by atoms with Crippen LogP contribution in [0.3, 0.4) is 0 Å². The highest BCUT2D eigenvalue weighted by atomic mass is 16.5. The van der Waals surface area contributed by atoms with Crippen LogP contribution in [-0.4, -0.2) is 17.1 Å². The minimum atomic E-state index is -0.414. The molecule has 26 heavy (non-hydrogen) atoms. The second kappa shape index (κ2) is 8.30. The van der Waals surface area contributed by atoms with Gasteiger partial charge in [0.25, 0.3) is 5.56 Å². The lowest BCUT2D eigenvalue weighted by Gasteiger charge is -2.19. The van der Waals surface area contributed by atoms with Crippen LogP contribution in [0.15, 0.2) is 83.8 Å². The number of pyridine rings is 1. The molecule has 132 valence electrons. The van der Waals surface area contributed by atoms with E-state index in [9.17, 15) is 9.59 Å². The van der Waals surface area contributed by atoms with E-state index in [2.05, 4.69) is 24.3 Å². The van der Waals surface area contributed by atoms with Crippen LogP contribution in [-0.2, 0) is 16.1 Å². The Morgan fingerprint density at radius 2 is 1.46 bits per heavy atom. The molecule has 0 aliphatic carbocycles. The van der Waals surface area contributed by atoms with E-state index in [1.165, 1.54) is 10.6 Å². The van der Waals surface area contributed by atoms with Crippen molar-refractivity contribution in [1.29, 1.82) is 0 Å². The van der Waals surface area contributed by atoms with Gasteiger partial charge in [0.05, 0.1) is 6.61 Å². The van der Waals surface area contributed by atoms with Gasteiger partial charge in [-0.3, -0.25) is 9.59 Å². The van der Waals surface area contributed by atoms with Crippen LogP contribution in [0, 0.1) is 0 Å². The number of rotatable bonds is 6. The van der Waals surface area contributed by atoms with Gasteiger partial charge in [0.1, 0.15) is 6.54 Å². The SMILES string of the molecule is CCOC(=O)Cn1cc(C(c2ccccc2)c2ccccc2)ccc1=O. The average Bonchev–Trinajstić information content (AvgIpc) is 2.66. The molecular weight excluding hydrogens is 326 g/mol. The first kappa shape index (κ1) is 17.7. The van der Waals surface area contributed by atoms with Crippen LogP contribution in [0.5, 0.6) is 0 Å². The normalized spacial score (nSPS) is 10.7.